The van der Waals surface area contributed by atoms with Crippen molar-refractivity contribution < 1.29 is 5.11 Å². The van der Waals surface area contributed by atoms with Crippen LogP contribution in [0, 0.1) is 5.92 Å². The lowest BCUT2D eigenvalue weighted by Crippen LogP contribution is -2.37. The highest BCUT2D eigenvalue weighted by atomic mass is 16.3. The van der Waals surface area contributed by atoms with Crippen LogP contribution in [0.3, 0.4) is 0 Å². The van der Waals surface area contributed by atoms with Crippen molar-refractivity contribution in [2.24, 2.45) is 5.92 Å². The standard InChI is InChI=1S/C14H23N3O/c1-3-16-13-8-14(10-15-9-13)17-6-4-12(5-7-17)11(2)18/h8-12,16,18H,3-7H2,1-2H3. The molecule has 1 unspecified atom stereocenters. The van der Waals surface area contributed by atoms with E-state index in [9.17, 15) is 5.11 Å². The molecule has 2 heterocycles. The molecule has 1 aromatic rings. The number of anilines is 2. The molecule has 2 rings (SSSR count). The number of hydrogen-bond donors (Lipinski definition) is 2. The molecule has 0 bridgehead atoms. The van der Waals surface area contributed by atoms with Gasteiger partial charge in [-0.3, -0.25) is 4.98 Å². The summed E-state index contributed by atoms with van der Waals surface area (Å²) in [4.78, 5) is 6.63. The second-order valence-corrected chi connectivity index (χ2v) is 5.03. The number of nitrogens with zero attached hydrogens (tertiary/aromatic N) is 2. The second-order valence-electron chi connectivity index (χ2n) is 5.03. The molecule has 2 N–H and O–H groups in total. The Balaban J connectivity index is 1.98. The highest BCUT2D eigenvalue weighted by Gasteiger charge is 2.22. The van der Waals surface area contributed by atoms with E-state index in [1.165, 1.54) is 5.69 Å². The molecule has 0 aliphatic carbocycles. The smallest absolute Gasteiger partial charge is 0.0573 e. The summed E-state index contributed by atoms with van der Waals surface area (Å²) < 4.78 is 0. The van der Waals surface area contributed by atoms with E-state index < -0.39 is 0 Å². The highest BCUT2D eigenvalue weighted by molar-refractivity contribution is 5.55. The molecule has 1 aliphatic heterocycles. The predicted octanol–water partition coefficient (Wildman–Crippen LogP) is 2.11. The number of rotatable bonds is 4. The molecule has 1 aromatic heterocycles. The summed E-state index contributed by atoms with van der Waals surface area (Å²) >= 11 is 0. The van der Waals surface area contributed by atoms with E-state index in [0.717, 1.165) is 38.2 Å². The lowest BCUT2D eigenvalue weighted by Gasteiger charge is -2.34. The van der Waals surface area contributed by atoms with Gasteiger partial charge in [0.15, 0.2) is 0 Å². The third-order valence-corrected chi connectivity index (χ3v) is 3.69. The first kappa shape index (κ1) is 13.1. The number of hydrogen-bond acceptors (Lipinski definition) is 4. The summed E-state index contributed by atoms with van der Waals surface area (Å²) in [5, 5.41) is 12.9. The maximum Gasteiger partial charge on any atom is 0.0573 e. The molecule has 4 heteroatoms. The van der Waals surface area contributed by atoms with E-state index in [4.69, 9.17) is 0 Å². The minimum atomic E-state index is -0.182. The second kappa shape index (κ2) is 6.05. The zero-order valence-electron chi connectivity index (χ0n) is 11.3. The summed E-state index contributed by atoms with van der Waals surface area (Å²) in [5.74, 6) is 0.450. The molecule has 1 aliphatic rings. The Morgan fingerprint density at radius 3 is 2.78 bits per heavy atom. The van der Waals surface area contributed by atoms with Gasteiger partial charge in [0.2, 0.25) is 0 Å². The van der Waals surface area contributed by atoms with Gasteiger partial charge in [-0.15, -0.1) is 0 Å². The van der Waals surface area contributed by atoms with Gasteiger partial charge in [-0.1, -0.05) is 0 Å². The van der Waals surface area contributed by atoms with Crippen molar-refractivity contribution >= 4 is 11.4 Å². The molecule has 100 valence electrons. The molecular formula is C14H23N3O. The lowest BCUT2D eigenvalue weighted by atomic mass is 9.92. The first-order valence-electron chi connectivity index (χ1n) is 6.82. The largest absolute Gasteiger partial charge is 0.393 e. The van der Waals surface area contributed by atoms with E-state index in [1.54, 1.807) is 0 Å². The molecular weight excluding hydrogens is 226 g/mol. The number of pyridine rings is 1. The Labute approximate surface area is 109 Å². The van der Waals surface area contributed by atoms with Crippen LogP contribution in [0.5, 0.6) is 0 Å². The van der Waals surface area contributed by atoms with Crippen molar-refractivity contribution in [1.29, 1.82) is 0 Å². The van der Waals surface area contributed by atoms with Crippen LogP contribution in [0.25, 0.3) is 0 Å². The zero-order chi connectivity index (χ0) is 13.0. The Hall–Kier alpha value is -1.29. The third-order valence-electron chi connectivity index (χ3n) is 3.69. The van der Waals surface area contributed by atoms with Crippen LogP contribution in [0.1, 0.15) is 26.7 Å². The van der Waals surface area contributed by atoms with E-state index in [-0.39, 0.29) is 6.10 Å². The summed E-state index contributed by atoms with van der Waals surface area (Å²) in [7, 11) is 0. The number of piperidine rings is 1. The lowest BCUT2D eigenvalue weighted by molar-refractivity contribution is 0.110. The summed E-state index contributed by atoms with van der Waals surface area (Å²) in [6.07, 6.45) is 5.71. The summed E-state index contributed by atoms with van der Waals surface area (Å²) in [6, 6.07) is 2.15. The van der Waals surface area contributed by atoms with Gasteiger partial charge in [0.1, 0.15) is 0 Å². The van der Waals surface area contributed by atoms with Crippen LogP contribution in [0.15, 0.2) is 18.5 Å². The number of aliphatic hydroxyl groups is 1. The minimum Gasteiger partial charge on any atom is -0.393 e. The van der Waals surface area contributed by atoms with Gasteiger partial charge in [-0.25, -0.2) is 0 Å². The van der Waals surface area contributed by atoms with Crippen LogP contribution >= 0.6 is 0 Å². The fourth-order valence-corrected chi connectivity index (χ4v) is 2.54. The number of aliphatic hydroxyl groups excluding tert-OH is 1. The Morgan fingerprint density at radius 2 is 2.17 bits per heavy atom. The SMILES string of the molecule is CCNc1cncc(N2CCC(C(C)O)CC2)c1. The van der Waals surface area contributed by atoms with Crippen LogP contribution < -0.4 is 10.2 Å². The van der Waals surface area contributed by atoms with Gasteiger partial charge in [0, 0.05) is 19.6 Å². The van der Waals surface area contributed by atoms with Gasteiger partial charge >= 0.3 is 0 Å². The normalized spacial score (nSPS) is 18.7. The van der Waals surface area contributed by atoms with Gasteiger partial charge < -0.3 is 15.3 Å². The fraction of sp³-hybridized carbons (Fsp3) is 0.643. The van der Waals surface area contributed by atoms with Crippen molar-refractivity contribution in [3.8, 4) is 0 Å². The highest BCUT2D eigenvalue weighted by Crippen LogP contribution is 2.26. The van der Waals surface area contributed by atoms with Crippen LogP contribution in [0.4, 0.5) is 11.4 Å². The van der Waals surface area contributed by atoms with E-state index >= 15 is 0 Å². The minimum absolute atomic E-state index is 0.182. The first-order valence-corrected chi connectivity index (χ1v) is 6.82. The molecule has 1 atom stereocenters. The molecule has 0 amide bonds. The maximum absolute atomic E-state index is 9.61. The summed E-state index contributed by atoms with van der Waals surface area (Å²) in [6.45, 7) is 6.91. The molecule has 0 spiro atoms. The molecule has 0 saturated carbocycles. The van der Waals surface area contributed by atoms with Crippen molar-refractivity contribution in [2.75, 3.05) is 29.9 Å². The average Bonchev–Trinajstić information content (AvgIpc) is 2.39. The number of nitrogens with one attached hydrogen (secondary N) is 1. The van der Waals surface area contributed by atoms with E-state index in [0.29, 0.717) is 5.92 Å². The molecule has 0 radical (unpaired) electrons. The molecule has 1 saturated heterocycles. The number of aromatic nitrogens is 1. The molecule has 1 fully saturated rings. The van der Waals surface area contributed by atoms with Gasteiger partial charge in [0.25, 0.3) is 0 Å². The Kier molecular flexibility index (Phi) is 4.42. The van der Waals surface area contributed by atoms with Crippen molar-refractivity contribution in [1.82, 2.24) is 4.98 Å². The van der Waals surface area contributed by atoms with Crippen molar-refractivity contribution in [2.45, 2.75) is 32.8 Å². The van der Waals surface area contributed by atoms with Gasteiger partial charge in [-0.05, 0) is 38.7 Å². The Morgan fingerprint density at radius 1 is 1.44 bits per heavy atom. The predicted molar refractivity (Wildman–Crippen MR) is 75.0 cm³/mol. The van der Waals surface area contributed by atoms with Crippen LogP contribution in [-0.2, 0) is 0 Å². The fourth-order valence-electron chi connectivity index (χ4n) is 2.54. The van der Waals surface area contributed by atoms with Crippen molar-refractivity contribution in [3.05, 3.63) is 18.5 Å². The Bertz CT molecular complexity index is 373. The first-order chi connectivity index (χ1) is 8.70. The molecule has 4 nitrogen and oxygen atoms in total. The molecule has 18 heavy (non-hydrogen) atoms. The monoisotopic (exact) mass is 249 g/mol. The average molecular weight is 249 g/mol. The zero-order valence-corrected chi connectivity index (χ0v) is 11.3. The third kappa shape index (κ3) is 3.13. The maximum atomic E-state index is 9.61. The van der Waals surface area contributed by atoms with E-state index in [1.807, 2.05) is 19.3 Å². The van der Waals surface area contributed by atoms with Crippen molar-refractivity contribution in [3.63, 3.8) is 0 Å². The quantitative estimate of drug-likeness (QED) is 0.858. The van der Waals surface area contributed by atoms with E-state index in [2.05, 4.69) is 28.2 Å². The van der Waals surface area contributed by atoms with Gasteiger partial charge in [-0.2, -0.15) is 0 Å². The van der Waals surface area contributed by atoms with Crippen LogP contribution in [-0.4, -0.2) is 35.8 Å². The topological polar surface area (TPSA) is 48.4 Å². The van der Waals surface area contributed by atoms with Crippen LogP contribution in [0.2, 0.25) is 0 Å². The van der Waals surface area contributed by atoms with Gasteiger partial charge in [0.05, 0.1) is 29.9 Å². The molecule has 0 aromatic carbocycles. The summed E-state index contributed by atoms with van der Waals surface area (Å²) in [5.41, 5.74) is 2.25.